The summed E-state index contributed by atoms with van der Waals surface area (Å²) in [6.45, 7) is 7.75. The summed E-state index contributed by atoms with van der Waals surface area (Å²) in [5.74, 6) is 0. The molecule has 9 heteroatoms. The third-order valence-electron chi connectivity index (χ3n) is 7.73. The third kappa shape index (κ3) is 13.4. The molecule has 0 aliphatic heterocycles. The molecule has 0 spiro atoms. The molecule has 0 fully saturated rings. The Bertz CT molecular complexity index is 1930. The van der Waals surface area contributed by atoms with Crippen LogP contribution in [-0.2, 0) is 46.3 Å². The van der Waals surface area contributed by atoms with E-state index in [0.29, 0.717) is 0 Å². The summed E-state index contributed by atoms with van der Waals surface area (Å²) in [4.78, 5) is 8.29. The minimum absolute atomic E-state index is 0. The predicted octanol–water partition coefficient (Wildman–Crippen LogP) is 10.5. The van der Waals surface area contributed by atoms with Crippen LogP contribution in [0.25, 0.3) is 20.4 Å². The summed E-state index contributed by atoms with van der Waals surface area (Å²) < 4.78 is 3.79. The molecule has 8 aromatic rings. The zero-order valence-corrected chi connectivity index (χ0v) is 36.5. The SMILES string of the molecule is C=CC[PH+](c1ccccc1)c1ccccc1.C=CC[PH+](c1ccccc1)c1ccccc1.[Pt+2].[S-]c1nc2ccccc2s1.[S-]c1nc2ccccc2s1. The smallest absolute Gasteiger partial charge is 0.408 e. The number of hydrogen-bond acceptors (Lipinski definition) is 6. The Kier molecular flexibility index (Phi) is 18.7. The predicted molar refractivity (Wildman–Crippen MR) is 242 cm³/mol. The van der Waals surface area contributed by atoms with Gasteiger partial charge in [-0.25, -0.2) is 0 Å². The molecule has 0 saturated heterocycles. The Labute approximate surface area is 349 Å². The van der Waals surface area contributed by atoms with Gasteiger partial charge in [0.25, 0.3) is 0 Å². The van der Waals surface area contributed by atoms with Gasteiger partial charge in [0.15, 0.2) is 0 Å². The van der Waals surface area contributed by atoms with Crippen LogP contribution in [0.5, 0.6) is 0 Å². The molecule has 2 aromatic heterocycles. The minimum atomic E-state index is -0.669. The van der Waals surface area contributed by atoms with E-state index >= 15 is 0 Å². The van der Waals surface area contributed by atoms with Crippen molar-refractivity contribution in [1.82, 2.24) is 9.97 Å². The number of para-hydroxylation sites is 2. The second-order valence-corrected chi connectivity index (χ2v) is 19.7. The van der Waals surface area contributed by atoms with E-state index in [-0.39, 0.29) is 21.1 Å². The third-order valence-corrected chi connectivity index (χ3v) is 15.6. The maximum atomic E-state index is 4.92. The summed E-state index contributed by atoms with van der Waals surface area (Å²) in [6, 6.07) is 59.0. The van der Waals surface area contributed by atoms with Gasteiger partial charge in [0, 0.05) is 0 Å². The maximum Gasteiger partial charge on any atom is 2.00 e. The first-order valence-corrected chi connectivity index (χ1v) is 22.6. The molecule has 0 N–H and O–H groups in total. The molecule has 0 amide bonds. The van der Waals surface area contributed by atoms with Crippen LogP contribution in [0.1, 0.15) is 0 Å². The largest absolute Gasteiger partial charge is 2.00 e. The second-order valence-electron chi connectivity index (χ2n) is 11.3. The first kappa shape index (κ1) is 42.3. The molecule has 6 aromatic carbocycles. The van der Waals surface area contributed by atoms with E-state index in [1.165, 1.54) is 30.6 Å². The van der Waals surface area contributed by atoms with E-state index in [0.717, 1.165) is 32.0 Å². The normalized spacial score (nSPS) is 10.2. The van der Waals surface area contributed by atoms with E-state index in [2.05, 4.69) is 144 Å². The molecule has 53 heavy (non-hydrogen) atoms. The van der Waals surface area contributed by atoms with Crippen LogP contribution in [0.4, 0.5) is 0 Å². The molecular weight excluding hydrogens is 942 g/mol. The van der Waals surface area contributed by atoms with E-state index in [1.807, 2.05) is 60.7 Å². The molecule has 0 atom stereocenters. The van der Waals surface area contributed by atoms with Crippen LogP contribution in [0.2, 0.25) is 0 Å². The average molecular weight is 982 g/mol. The molecule has 2 nitrogen and oxygen atoms in total. The van der Waals surface area contributed by atoms with Gasteiger partial charge in [-0.1, -0.05) is 135 Å². The van der Waals surface area contributed by atoms with Crippen molar-refractivity contribution in [3.8, 4) is 0 Å². The number of nitrogens with zero attached hydrogens (tertiary/aromatic N) is 2. The van der Waals surface area contributed by atoms with Crippen LogP contribution in [-0.4, -0.2) is 22.3 Å². The molecular formula is C44H40N2P2PtS4+2. The molecule has 8 rings (SSSR count). The van der Waals surface area contributed by atoms with Crippen LogP contribution >= 0.6 is 38.5 Å². The number of thiazole rings is 2. The first-order valence-electron chi connectivity index (χ1n) is 16.8. The van der Waals surface area contributed by atoms with Gasteiger partial charge < -0.3 is 47.9 Å². The molecule has 268 valence electrons. The summed E-state index contributed by atoms with van der Waals surface area (Å²) in [7, 11) is -1.34. The summed E-state index contributed by atoms with van der Waals surface area (Å²) in [6.07, 6.45) is 6.24. The molecule has 2 heterocycles. The van der Waals surface area contributed by atoms with E-state index in [1.54, 1.807) is 22.7 Å². The fourth-order valence-electron chi connectivity index (χ4n) is 5.35. The van der Waals surface area contributed by atoms with Gasteiger partial charge in [-0.05, 0) is 78.7 Å². The Balaban J connectivity index is 0.000000160. The van der Waals surface area contributed by atoms with E-state index in [4.69, 9.17) is 25.3 Å². The van der Waals surface area contributed by atoms with Crippen molar-refractivity contribution in [2.24, 2.45) is 0 Å². The zero-order valence-electron chi connectivity index (χ0n) is 29.0. The van der Waals surface area contributed by atoms with Gasteiger partial charge in [-0.15, -0.1) is 0 Å². The van der Waals surface area contributed by atoms with Crippen molar-refractivity contribution in [2.75, 3.05) is 12.3 Å². The van der Waals surface area contributed by atoms with E-state index < -0.39 is 15.8 Å². The molecule has 0 unspecified atom stereocenters. The fourth-order valence-corrected chi connectivity index (χ4v) is 12.0. The van der Waals surface area contributed by atoms with E-state index in [9.17, 15) is 0 Å². The summed E-state index contributed by atoms with van der Waals surface area (Å²) >= 11 is 13.0. The number of aromatic nitrogens is 2. The molecule has 0 saturated carbocycles. The molecule has 0 bridgehead atoms. The monoisotopic (exact) mass is 981 g/mol. The van der Waals surface area contributed by atoms with Crippen molar-refractivity contribution < 1.29 is 21.1 Å². The number of rotatable bonds is 8. The van der Waals surface area contributed by atoms with Gasteiger partial charge >= 0.3 is 21.1 Å². The average Bonchev–Trinajstić information content (AvgIpc) is 3.78. The van der Waals surface area contributed by atoms with Crippen LogP contribution < -0.4 is 21.2 Å². The number of allylic oxidation sites excluding steroid dienone is 2. The van der Waals surface area contributed by atoms with Gasteiger partial charge in [0.2, 0.25) is 0 Å². The topological polar surface area (TPSA) is 25.8 Å². The van der Waals surface area contributed by atoms with Crippen molar-refractivity contribution >= 4 is 105 Å². The number of fused-ring (bicyclic) bond motifs is 2. The molecule has 0 aliphatic carbocycles. The molecule has 0 radical (unpaired) electrons. The quantitative estimate of drug-likeness (QED) is 0.0861. The van der Waals surface area contributed by atoms with Crippen LogP contribution in [0, 0.1) is 0 Å². The van der Waals surface area contributed by atoms with Crippen molar-refractivity contribution in [1.29, 1.82) is 0 Å². The molecule has 0 aliphatic rings. The van der Waals surface area contributed by atoms with Gasteiger partial charge in [0.05, 0.1) is 60.4 Å². The Morgan fingerprint density at radius 1 is 0.434 bits per heavy atom. The first-order chi connectivity index (χ1) is 25.6. The minimum Gasteiger partial charge on any atom is -0.408 e. The van der Waals surface area contributed by atoms with Crippen LogP contribution in [0.3, 0.4) is 0 Å². The Hall–Kier alpha value is -3.43. The Morgan fingerprint density at radius 2 is 0.698 bits per heavy atom. The number of hydrogen-bond donors (Lipinski definition) is 0. The van der Waals surface area contributed by atoms with Gasteiger partial charge in [0.1, 0.15) is 0 Å². The van der Waals surface area contributed by atoms with Crippen molar-refractivity contribution in [3.05, 3.63) is 195 Å². The summed E-state index contributed by atoms with van der Waals surface area (Å²) in [5.41, 5.74) is 2.02. The second kappa shape index (κ2) is 23.4. The standard InChI is InChI=1S/2C15H15P.2C7H5NS2.Pt/c2*1-2-13-16(14-9-5-3-6-10-14)15-11-7-4-8-12-15;2*9-7-8-5-3-1-2-4-6(5)10-7;/h2*2-12H,1,13H2;2*1-4H,(H,8,9);/q;;;;+2. The summed E-state index contributed by atoms with van der Waals surface area (Å²) in [5, 5.41) is 5.83. The Morgan fingerprint density at radius 3 is 0.962 bits per heavy atom. The van der Waals surface area contributed by atoms with Crippen molar-refractivity contribution in [3.63, 3.8) is 0 Å². The van der Waals surface area contributed by atoms with Gasteiger partial charge in [-0.3, -0.25) is 9.97 Å². The zero-order chi connectivity index (χ0) is 36.4. The van der Waals surface area contributed by atoms with Crippen LogP contribution in [0.15, 0.2) is 204 Å². The fraction of sp³-hybridized carbons (Fsp3) is 0.0455. The van der Waals surface area contributed by atoms with Crippen molar-refractivity contribution in [2.45, 2.75) is 8.68 Å². The van der Waals surface area contributed by atoms with Gasteiger partial charge in [-0.2, -0.15) is 0 Å². The maximum absolute atomic E-state index is 4.92. The number of benzene rings is 6.